The Labute approximate surface area is 153 Å². The minimum atomic E-state index is 0.858. The van der Waals surface area contributed by atoms with Crippen molar-refractivity contribution in [1.82, 2.24) is 14.3 Å². The molecule has 0 unspecified atom stereocenters. The SMILES string of the molecule is Cc1nsc(N2CCCN(c3ccc4cccc(Br)c4n3)CC2)n1. The van der Waals surface area contributed by atoms with E-state index in [0.29, 0.717) is 0 Å². The van der Waals surface area contributed by atoms with Crippen molar-refractivity contribution >= 4 is 49.3 Å². The highest BCUT2D eigenvalue weighted by molar-refractivity contribution is 9.10. The van der Waals surface area contributed by atoms with Gasteiger partial charge in [-0.1, -0.05) is 12.1 Å². The first-order chi connectivity index (χ1) is 11.7. The van der Waals surface area contributed by atoms with Gasteiger partial charge < -0.3 is 9.80 Å². The molecule has 1 aliphatic heterocycles. The largest absolute Gasteiger partial charge is 0.355 e. The molecular formula is C17H18BrN5S. The van der Waals surface area contributed by atoms with Crippen LogP contribution in [-0.2, 0) is 0 Å². The molecule has 0 bridgehead atoms. The fraction of sp³-hybridized carbons (Fsp3) is 0.353. The Morgan fingerprint density at radius 2 is 1.83 bits per heavy atom. The molecule has 1 fully saturated rings. The van der Waals surface area contributed by atoms with Crippen LogP contribution in [0.4, 0.5) is 10.9 Å². The van der Waals surface area contributed by atoms with Crippen molar-refractivity contribution in [3.63, 3.8) is 0 Å². The topological polar surface area (TPSA) is 45.2 Å². The quantitative estimate of drug-likeness (QED) is 0.649. The van der Waals surface area contributed by atoms with E-state index in [4.69, 9.17) is 4.98 Å². The van der Waals surface area contributed by atoms with Crippen molar-refractivity contribution in [3.8, 4) is 0 Å². The Hall–Kier alpha value is -1.73. The van der Waals surface area contributed by atoms with Crippen LogP contribution in [-0.4, -0.2) is 40.5 Å². The van der Waals surface area contributed by atoms with Gasteiger partial charge >= 0.3 is 0 Å². The van der Waals surface area contributed by atoms with Crippen molar-refractivity contribution < 1.29 is 0 Å². The summed E-state index contributed by atoms with van der Waals surface area (Å²) < 4.78 is 5.35. The Balaban J connectivity index is 1.56. The molecule has 24 heavy (non-hydrogen) atoms. The van der Waals surface area contributed by atoms with E-state index < -0.39 is 0 Å². The van der Waals surface area contributed by atoms with E-state index in [2.05, 4.69) is 53.3 Å². The van der Waals surface area contributed by atoms with Gasteiger partial charge in [-0.15, -0.1) is 0 Å². The monoisotopic (exact) mass is 403 g/mol. The summed E-state index contributed by atoms with van der Waals surface area (Å²) in [4.78, 5) is 14.1. The zero-order valence-corrected chi connectivity index (χ0v) is 15.8. The van der Waals surface area contributed by atoms with Crippen LogP contribution in [0.3, 0.4) is 0 Å². The van der Waals surface area contributed by atoms with Gasteiger partial charge in [-0.25, -0.2) is 9.97 Å². The number of para-hydroxylation sites is 1. The molecule has 0 N–H and O–H groups in total. The Morgan fingerprint density at radius 3 is 2.67 bits per heavy atom. The Kier molecular flexibility index (Phi) is 4.37. The smallest absolute Gasteiger partial charge is 0.205 e. The lowest BCUT2D eigenvalue weighted by Gasteiger charge is -2.22. The molecular weight excluding hydrogens is 386 g/mol. The molecule has 0 amide bonds. The molecule has 0 spiro atoms. The first kappa shape index (κ1) is 15.8. The highest BCUT2D eigenvalue weighted by Crippen LogP contribution is 2.26. The number of fused-ring (bicyclic) bond motifs is 1. The fourth-order valence-corrected chi connectivity index (χ4v) is 4.22. The van der Waals surface area contributed by atoms with Gasteiger partial charge in [0.05, 0.1) is 5.52 Å². The number of benzene rings is 1. The first-order valence-electron chi connectivity index (χ1n) is 8.06. The third kappa shape index (κ3) is 3.10. The highest BCUT2D eigenvalue weighted by atomic mass is 79.9. The fourth-order valence-electron chi connectivity index (χ4n) is 3.03. The minimum absolute atomic E-state index is 0.858. The van der Waals surface area contributed by atoms with Crippen LogP contribution in [0.1, 0.15) is 12.2 Å². The van der Waals surface area contributed by atoms with Gasteiger partial charge in [0.1, 0.15) is 11.6 Å². The van der Waals surface area contributed by atoms with Crippen molar-refractivity contribution in [2.24, 2.45) is 0 Å². The number of aromatic nitrogens is 3. The van der Waals surface area contributed by atoms with Gasteiger partial charge in [0, 0.05) is 47.6 Å². The van der Waals surface area contributed by atoms with Crippen molar-refractivity contribution in [2.45, 2.75) is 13.3 Å². The average Bonchev–Trinajstić information content (AvgIpc) is 2.88. The third-order valence-electron chi connectivity index (χ3n) is 4.26. The summed E-state index contributed by atoms with van der Waals surface area (Å²) in [6.07, 6.45) is 1.09. The molecule has 0 atom stereocenters. The number of halogens is 1. The standard InChI is InChI=1S/C17H18BrN5S/c1-12-19-17(24-21-12)23-9-3-8-22(10-11-23)15-7-6-13-4-2-5-14(18)16(13)20-15/h2,4-7H,3,8-11H2,1H3. The summed E-state index contributed by atoms with van der Waals surface area (Å²) in [5.41, 5.74) is 1.02. The maximum absolute atomic E-state index is 4.88. The normalized spacial score (nSPS) is 15.8. The predicted octanol–water partition coefficient (Wildman–Crippen LogP) is 3.87. The third-order valence-corrected chi connectivity index (χ3v) is 5.77. The zero-order valence-electron chi connectivity index (χ0n) is 13.4. The summed E-state index contributed by atoms with van der Waals surface area (Å²) in [7, 11) is 0. The van der Waals surface area contributed by atoms with Gasteiger partial charge in [0.25, 0.3) is 0 Å². The van der Waals surface area contributed by atoms with Crippen LogP contribution in [0.2, 0.25) is 0 Å². The number of pyridine rings is 1. The van der Waals surface area contributed by atoms with Crippen molar-refractivity contribution in [3.05, 3.63) is 40.6 Å². The van der Waals surface area contributed by atoms with Crippen molar-refractivity contribution in [1.29, 1.82) is 0 Å². The van der Waals surface area contributed by atoms with Gasteiger partial charge in [0.15, 0.2) is 0 Å². The van der Waals surface area contributed by atoms with Crippen LogP contribution in [0.25, 0.3) is 10.9 Å². The van der Waals surface area contributed by atoms with E-state index in [0.717, 1.165) is 64.7 Å². The van der Waals surface area contributed by atoms with E-state index in [9.17, 15) is 0 Å². The van der Waals surface area contributed by atoms with E-state index in [1.54, 1.807) is 0 Å². The lowest BCUT2D eigenvalue weighted by Crippen LogP contribution is -2.31. The second kappa shape index (κ2) is 6.64. The number of rotatable bonds is 2. The van der Waals surface area contributed by atoms with E-state index in [1.165, 1.54) is 11.5 Å². The number of hydrogen-bond donors (Lipinski definition) is 0. The highest BCUT2D eigenvalue weighted by Gasteiger charge is 2.19. The van der Waals surface area contributed by atoms with Crippen LogP contribution in [0, 0.1) is 6.92 Å². The molecule has 3 heterocycles. The molecule has 124 valence electrons. The lowest BCUT2D eigenvalue weighted by molar-refractivity contribution is 0.798. The summed E-state index contributed by atoms with van der Waals surface area (Å²) >= 11 is 5.10. The molecule has 3 aromatic rings. The molecule has 1 aromatic carbocycles. The molecule has 0 aliphatic carbocycles. The number of aryl methyl sites for hydroxylation is 1. The Morgan fingerprint density at radius 1 is 1.00 bits per heavy atom. The van der Waals surface area contributed by atoms with Gasteiger partial charge in [-0.2, -0.15) is 4.37 Å². The molecule has 0 radical (unpaired) electrons. The van der Waals surface area contributed by atoms with E-state index in [-0.39, 0.29) is 0 Å². The number of anilines is 2. The molecule has 4 rings (SSSR count). The summed E-state index contributed by atoms with van der Waals surface area (Å²) in [5, 5.41) is 2.19. The molecule has 1 aliphatic rings. The second-order valence-corrected chi connectivity index (χ2v) is 7.52. The van der Waals surface area contributed by atoms with Crippen LogP contribution in [0.15, 0.2) is 34.8 Å². The second-order valence-electron chi connectivity index (χ2n) is 5.93. The van der Waals surface area contributed by atoms with Gasteiger partial charge in [-0.05, 0) is 47.5 Å². The van der Waals surface area contributed by atoms with Crippen LogP contribution >= 0.6 is 27.5 Å². The molecule has 0 saturated carbocycles. The van der Waals surface area contributed by atoms with Crippen LogP contribution < -0.4 is 9.80 Å². The van der Waals surface area contributed by atoms with Crippen molar-refractivity contribution in [2.75, 3.05) is 36.0 Å². The van der Waals surface area contributed by atoms with Gasteiger partial charge in [0.2, 0.25) is 5.13 Å². The van der Waals surface area contributed by atoms with E-state index >= 15 is 0 Å². The lowest BCUT2D eigenvalue weighted by atomic mass is 10.2. The van der Waals surface area contributed by atoms with E-state index in [1.807, 2.05) is 19.1 Å². The summed E-state index contributed by atoms with van der Waals surface area (Å²) in [5.74, 6) is 1.90. The zero-order chi connectivity index (χ0) is 16.5. The molecule has 2 aromatic heterocycles. The van der Waals surface area contributed by atoms with Crippen LogP contribution in [0.5, 0.6) is 0 Å². The summed E-state index contributed by atoms with van der Waals surface area (Å²) in [6.45, 7) is 5.87. The molecule has 1 saturated heterocycles. The predicted molar refractivity (Wildman–Crippen MR) is 103 cm³/mol. The molecule has 5 nitrogen and oxygen atoms in total. The minimum Gasteiger partial charge on any atom is -0.355 e. The first-order valence-corrected chi connectivity index (χ1v) is 9.63. The number of hydrogen-bond acceptors (Lipinski definition) is 6. The average molecular weight is 404 g/mol. The maximum atomic E-state index is 4.88. The molecule has 7 heteroatoms. The summed E-state index contributed by atoms with van der Waals surface area (Å²) in [6, 6.07) is 10.5. The maximum Gasteiger partial charge on any atom is 0.205 e. The van der Waals surface area contributed by atoms with Gasteiger partial charge in [-0.3, -0.25) is 0 Å². The number of nitrogens with zero attached hydrogens (tertiary/aromatic N) is 5. The Bertz CT molecular complexity index is 865.